The molecule has 0 aliphatic heterocycles. The Morgan fingerprint density at radius 2 is 1.80 bits per heavy atom. The highest BCUT2D eigenvalue weighted by Crippen LogP contribution is 2.36. The van der Waals surface area contributed by atoms with Crippen LogP contribution in [0.15, 0.2) is 58.3 Å². The van der Waals surface area contributed by atoms with Gasteiger partial charge in [-0.05, 0) is 25.1 Å². The molecule has 2 N–H and O–H groups in total. The molecule has 0 saturated heterocycles. The van der Waals surface area contributed by atoms with Gasteiger partial charge in [-0.1, -0.05) is 47.7 Å². The number of aromatic nitrogens is 1. The minimum Gasteiger partial charge on any atom is -0.477 e. The summed E-state index contributed by atoms with van der Waals surface area (Å²) in [5.74, 6) is -0.934. The fourth-order valence-electron chi connectivity index (χ4n) is 2.10. The Kier molecular flexibility index (Phi) is 3.24. The molecule has 2 aromatic carbocycles. The van der Waals surface area contributed by atoms with Crippen molar-refractivity contribution in [1.82, 2.24) is 4.98 Å². The number of aromatic carboxylic acids is 1. The van der Waals surface area contributed by atoms with E-state index in [2.05, 4.69) is 4.98 Å². The largest absolute Gasteiger partial charge is 0.477 e. The van der Waals surface area contributed by atoms with Crippen LogP contribution in [0.2, 0.25) is 0 Å². The molecule has 1 aromatic heterocycles. The summed E-state index contributed by atoms with van der Waals surface area (Å²) >= 11 is 1.48. The summed E-state index contributed by atoms with van der Waals surface area (Å²) in [7, 11) is 0. The molecule has 20 heavy (non-hydrogen) atoms. The fourth-order valence-corrected chi connectivity index (χ4v) is 3.13. The van der Waals surface area contributed by atoms with Gasteiger partial charge in [0, 0.05) is 15.8 Å². The molecular formula is C16H13NO2S. The van der Waals surface area contributed by atoms with Gasteiger partial charge < -0.3 is 10.1 Å². The molecule has 0 amide bonds. The van der Waals surface area contributed by atoms with E-state index in [-0.39, 0.29) is 5.69 Å². The van der Waals surface area contributed by atoms with Crippen LogP contribution >= 0.6 is 11.8 Å². The smallest absolute Gasteiger partial charge is 0.353 e. The van der Waals surface area contributed by atoms with Gasteiger partial charge in [0.2, 0.25) is 0 Å². The van der Waals surface area contributed by atoms with Crippen molar-refractivity contribution in [3.8, 4) is 0 Å². The van der Waals surface area contributed by atoms with Crippen LogP contribution in [0.4, 0.5) is 0 Å². The first-order chi connectivity index (χ1) is 9.65. The number of carbonyl (C=O) groups is 1. The van der Waals surface area contributed by atoms with Crippen molar-refractivity contribution in [1.29, 1.82) is 0 Å². The van der Waals surface area contributed by atoms with Gasteiger partial charge in [0.05, 0.1) is 4.90 Å². The van der Waals surface area contributed by atoms with Gasteiger partial charge in [-0.15, -0.1) is 0 Å². The zero-order valence-corrected chi connectivity index (χ0v) is 11.7. The van der Waals surface area contributed by atoms with Crippen LogP contribution in [0, 0.1) is 6.92 Å². The van der Waals surface area contributed by atoms with Crippen LogP contribution in [-0.2, 0) is 0 Å². The maximum atomic E-state index is 11.4. The number of H-pyrrole nitrogens is 1. The number of nitrogens with one attached hydrogen (secondary N) is 1. The lowest BCUT2D eigenvalue weighted by molar-refractivity contribution is 0.0688. The summed E-state index contributed by atoms with van der Waals surface area (Å²) in [6.07, 6.45) is 0. The Bertz CT molecular complexity index is 775. The fraction of sp³-hybridized carbons (Fsp3) is 0.0625. The third kappa shape index (κ3) is 2.30. The standard InChI is InChI=1S/C16H13NO2S/c1-10-6-8-11(9-7-10)20-15-12-4-2-3-5-13(12)17-14(15)16(18)19/h2-9,17H,1H3,(H,18,19). The van der Waals surface area contributed by atoms with Crippen LogP contribution in [0.3, 0.4) is 0 Å². The van der Waals surface area contributed by atoms with E-state index in [1.54, 1.807) is 0 Å². The average Bonchev–Trinajstić information content (AvgIpc) is 2.81. The first-order valence-corrected chi connectivity index (χ1v) is 7.05. The van der Waals surface area contributed by atoms with E-state index in [9.17, 15) is 9.90 Å². The molecule has 0 aliphatic carbocycles. The third-order valence-corrected chi connectivity index (χ3v) is 4.25. The Hall–Kier alpha value is -2.20. The summed E-state index contributed by atoms with van der Waals surface area (Å²) in [4.78, 5) is 16.2. The highest BCUT2D eigenvalue weighted by molar-refractivity contribution is 7.99. The molecule has 3 rings (SSSR count). The summed E-state index contributed by atoms with van der Waals surface area (Å²) in [6, 6.07) is 15.7. The van der Waals surface area contributed by atoms with Crippen LogP contribution in [0.5, 0.6) is 0 Å². The van der Waals surface area contributed by atoms with E-state index in [1.165, 1.54) is 17.3 Å². The van der Waals surface area contributed by atoms with Gasteiger partial charge in [-0.3, -0.25) is 0 Å². The predicted octanol–water partition coefficient (Wildman–Crippen LogP) is 4.33. The maximum absolute atomic E-state index is 11.4. The number of para-hydroxylation sites is 1. The Morgan fingerprint density at radius 1 is 1.10 bits per heavy atom. The van der Waals surface area contributed by atoms with Gasteiger partial charge in [0.15, 0.2) is 0 Å². The lowest BCUT2D eigenvalue weighted by atomic mass is 10.2. The SMILES string of the molecule is Cc1ccc(Sc2c(C(=O)O)[nH]c3ccccc23)cc1. The van der Waals surface area contributed by atoms with Crippen molar-refractivity contribution in [3.05, 3.63) is 59.8 Å². The monoisotopic (exact) mass is 283 g/mol. The summed E-state index contributed by atoms with van der Waals surface area (Å²) < 4.78 is 0. The molecule has 100 valence electrons. The van der Waals surface area contributed by atoms with Crippen molar-refractivity contribution in [2.24, 2.45) is 0 Å². The molecule has 0 unspecified atom stereocenters. The van der Waals surface area contributed by atoms with Crippen LogP contribution in [-0.4, -0.2) is 16.1 Å². The Labute approximate surface area is 120 Å². The predicted molar refractivity (Wildman–Crippen MR) is 80.6 cm³/mol. The van der Waals surface area contributed by atoms with Crippen molar-refractivity contribution in [2.75, 3.05) is 0 Å². The first-order valence-electron chi connectivity index (χ1n) is 6.23. The molecule has 4 heteroatoms. The second-order valence-electron chi connectivity index (χ2n) is 4.59. The Morgan fingerprint density at radius 3 is 2.50 bits per heavy atom. The van der Waals surface area contributed by atoms with E-state index in [4.69, 9.17) is 0 Å². The van der Waals surface area contributed by atoms with Gasteiger partial charge in [-0.25, -0.2) is 4.79 Å². The number of aryl methyl sites for hydroxylation is 1. The lowest BCUT2D eigenvalue weighted by Gasteiger charge is -2.02. The molecule has 0 bridgehead atoms. The van der Waals surface area contributed by atoms with Crippen LogP contribution in [0.1, 0.15) is 16.1 Å². The number of carboxylic acid groups (broad SMARTS) is 1. The second-order valence-corrected chi connectivity index (χ2v) is 5.68. The lowest BCUT2D eigenvalue weighted by Crippen LogP contribution is -1.97. The van der Waals surface area contributed by atoms with Crippen LogP contribution < -0.4 is 0 Å². The summed E-state index contributed by atoms with van der Waals surface area (Å²) in [6.45, 7) is 2.03. The average molecular weight is 283 g/mol. The minimum atomic E-state index is -0.934. The van der Waals surface area contributed by atoms with E-state index in [0.717, 1.165) is 20.7 Å². The number of aromatic amines is 1. The zero-order chi connectivity index (χ0) is 14.1. The summed E-state index contributed by atoms with van der Waals surface area (Å²) in [5, 5.41) is 10.3. The zero-order valence-electron chi connectivity index (χ0n) is 10.9. The van der Waals surface area contributed by atoms with Crippen molar-refractivity contribution in [3.63, 3.8) is 0 Å². The summed E-state index contributed by atoms with van der Waals surface area (Å²) in [5.41, 5.74) is 2.28. The first kappa shape index (κ1) is 12.8. The van der Waals surface area contributed by atoms with Crippen molar-refractivity contribution < 1.29 is 9.90 Å². The number of carboxylic acids is 1. The highest BCUT2D eigenvalue weighted by atomic mass is 32.2. The van der Waals surface area contributed by atoms with Gasteiger partial charge in [0.25, 0.3) is 0 Å². The van der Waals surface area contributed by atoms with Crippen molar-refractivity contribution >= 4 is 28.6 Å². The molecule has 0 saturated carbocycles. The molecule has 1 heterocycles. The number of fused-ring (bicyclic) bond motifs is 1. The molecule has 0 radical (unpaired) electrons. The van der Waals surface area contributed by atoms with Gasteiger partial charge in [-0.2, -0.15) is 0 Å². The van der Waals surface area contributed by atoms with Crippen LogP contribution in [0.25, 0.3) is 10.9 Å². The molecule has 3 aromatic rings. The number of hydrogen-bond donors (Lipinski definition) is 2. The normalized spacial score (nSPS) is 10.8. The van der Waals surface area contributed by atoms with E-state index < -0.39 is 5.97 Å². The number of rotatable bonds is 3. The third-order valence-electron chi connectivity index (χ3n) is 3.11. The molecule has 0 spiro atoms. The molecule has 0 atom stereocenters. The molecule has 0 fully saturated rings. The van der Waals surface area contributed by atoms with Crippen molar-refractivity contribution in [2.45, 2.75) is 16.7 Å². The Balaban J connectivity index is 2.11. The van der Waals surface area contributed by atoms with Gasteiger partial charge in [0.1, 0.15) is 5.69 Å². The quantitative estimate of drug-likeness (QED) is 0.752. The number of hydrogen-bond acceptors (Lipinski definition) is 2. The topological polar surface area (TPSA) is 53.1 Å². The van der Waals surface area contributed by atoms with E-state index >= 15 is 0 Å². The molecule has 0 aliphatic rings. The molecule has 3 nitrogen and oxygen atoms in total. The number of benzene rings is 2. The molecular weight excluding hydrogens is 270 g/mol. The highest BCUT2D eigenvalue weighted by Gasteiger charge is 2.17. The van der Waals surface area contributed by atoms with Gasteiger partial charge >= 0.3 is 5.97 Å². The second kappa shape index (κ2) is 5.06. The maximum Gasteiger partial charge on any atom is 0.353 e. The van der Waals surface area contributed by atoms with E-state index in [0.29, 0.717) is 0 Å². The van der Waals surface area contributed by atoms with E-state index in [1.807, 2.05) is 55.5 Å². The minimum absolute atomic E-state index is 0.247.